The Labute approximate surface area is 194 Å². The second kappa shape index (κ2) is 9.06. The summed E-state index contributed by atoms with van der Waals surface area (Å²) in [6.45, 7) is 4.01. The maximum Gasteiger partial charge on any atom is 0.438 e. The summed E-state index contributed by atoms with van der Waals surface area (Å²) in [6.07, 6.45) is -3.94. The summed E-state index contributed by atoms with van der Waals surface area (Å²) in [5.74, 6) is -0.373. The van der Waals surface area contributed by atoms with E-state index >= 15 is 0 Å². The quantitative estimate of drug-likeness (QED) is 0.478. The Morgan fingerprint density at radius 1 is 1.18 bits per heavy atom. The van der Waals surface area contributed by atoms with E-state index in [0.717, 1.165) is 12.8 Å². The smallest absolute Gasteiger partial charge is 0.438 e. The van der Waals surface area contributed by atoms with Gasteiger partial charge in [-0.1, -0.05) is 31.5 Å². The summed E-state index contributed by atoms with van der Waals surface area (Å²) in [5, 5.41) is 14.6. The van der Waals surface area contributed by atoms with Gasteiger partial charge in [-0.15, -0.1) is 0 Å². The Balaban J connectivity index is 1.76. The van der Waals surface area contributed by atoms with E-state index in [9.17, 15) is 23.1 Å². The Morgan fingerprint density at radius 2 is 1.88 bits per heavy atom. The highest BCUT2D eigenvalue weighted by Gasteiger charge is 2.62. The number of alkyl halides is 3. The number of amides is 1. The molecule has 6 nitrogen and oxygen atoms in total. The van der Waals surface area contributed by atoms with Gasteiger partial charge in [-0.2, -0.15) is 23.3 Å². The number of hydrogen-bond acceptors (Lipinski definition) is 5. The molecule has 0 aliphatic carbocycles. The third-order valence-corrected chi connectivity index (χ3v) is 5.63. The van der Waals surface area contributed by atoms with Gasteiger partial charge in [0.25, 0.3) is 11.6 Å². The molecule has 1 N–H and O–H groups in total. The number of ether oxygens (including phenoxy) is 1. The SMILES string of the molecule is CCCCOc1ccc(-c2cc(C(=O)N3N=C(C)C[C@]3(O)C(F)(F)F)c3ccccc3n2)cc1. The van der Waals surface area contributed by atoms with E-state index in [1.165, 1.54) is 13.0 Å². The van der Waals surface area contributed by atoms with Gasteiger partial charge in [0, 0.05) is 23.1 Å². The molecule has 3 aromatic rings. The molecule has 0 radical (unpaired) electrons. The monoisotopic (exact) mass is 471 g/mol. The number of aromatic nitrogens is 1. The van der Waals surface area contributed by atoms with Gasteiger partial charge in [0.1, 0.15) is 5.75 Å². The number of carbonyl (C=O) groups is 1. The van der Waals surface area contributed by atoms with Crippen LogP contribution in [0.1, 0.15) is 43.5 Å². The van der Waals surface area contributed by atoms with Crippen LogP contribution in [0.15, 0.2) is 59.7 Å². The third-order valence-electron chi connectivity index (χ3n) is 5.63. The average Bonchev–Trinajstić information content (AvgIpc) is 3.14. The fourth-order valence-electron chi connectivity index (χ4n) is 3.82. The van der Waals surface area contributed by atoms with E-state index in [2.05, 4.69) is 17.0 Å². The van der Waals surface area contributed by atoms with E-state index in [-0.39, 0.29) is 16.3 Å². The topological polar surface area (TPSA) is 75.0 Å². The van der Waals surface area contributed by atoms with E-state index in [0.29, 0.717) is 34.5 Å². The molecule has 1 amide bonds. The molecule has 2 aromatic carbocycles. The zero-order valence-corrected chi connectivity index (χ0v) is 18.8. The lowest BCUT2D eigenvalue weighted by atomic mass is 10.0. The van der Waals surface area contributed by atoms with E-state index in [1.54, 1.807) is 48.5 Å². The Bertz CT molecular complexity index is 1240. The summed E-state index contributed by atoms with van der Waals surface area (Å²) in [6, 6.07) is 15.2. The number of para-hydroxylation sites is 1. The van der Waals surface area contributed by atoms with Gasteiger partial charge >= 0.3 is 6.18 Å². The maximum absolute atomic E-state index is 13.7. The number of pyridine rings is 1. The molecular weight excluding hydrogens is 447 g/mol. The van der Waals surface area contributed by atoms with Crippen LogP contribution in [0.3, 0.4) is 0 Å². The predicted molar refractivity (Wildman–Crippen MR) is 122 cm³/mol. The van der Waals surface area contributed by atoms with Gasteiger partial charge in [0.05, 0.1) is 23.4 Å². The molecule has 178 valence electrons. The number of nitrogens with zero attached hydrogens (tertiary/aromatic N) is 3. The number of benzene rings is 2. The van der Waals surface area contributed by atoms with Crippen LogP contribution in [0.5, 0.6) is 5.75 Å². The Kier molecular flexibility index (Phi) is 6.31. The molecule has 0 unspecified atom stereocenters. The summed E-state index contributed by atoms with van der Waals surface area (Å²) in [4.78, 5) is 18.0. The number of rotatable bonds is 6. The van der Waals surface area contributed by atoms with Crippen molar-refractivity contribution in [1.29, 1.82) is 0 Å². The van der Waals surface area contributed by atoms with Gasteiger partial charge in [-0.25, -0.2) is 4.98 Å². The van der Waals surface area contributed by atoms with Gasteiger partial charge < -0.3 is 9.84 Å². The fraction of sp³-hybridized carbons (Fsp3) is 0.320. The first-order valence-corrected chi connectivity index (χ1v) is 10.9. The van der Waals surface area contributed by atoms with E-state index in [4.69, 9.17) is 4.74 Å². The van der Waals surface area contributed by atoms with Crippen LogP contribution in [0.4, 0.5) is 13.2 Å². The van der Waals surface area contributed by atoms with Crippen LogP contribution >= 0.6 is 0 Å². The highest BCUT2D eigenvalue weighted by atomic mass is 19.4. The number of fused-ring (bicyclic) bond motifs is 1. The number of unbranched alkanes of at least 4 members (excludes halogenated alkanes) is 1. The first kappa shape index (κ1) is 23.7. The molecular formula is C25H24F3N3O3. The highest BCUT2D eigenvalue weighted by Crippen LogP contribution is 2.41. The third kappa shape index (κ3) is 4.35. The number of aliphatic hydroxyl groups is 1. The molecule has 0 saturated carbocycles. The normalized spacial score (nSPS) is 18.3. The van der Waals surface area contributed by atoms with Crippen LogP contribution in [0, 0.1) is 0 Å². The second-order valence-corrected chi connectivity index (χ2v) is 8.24. The minimum atomic E-state index is -5.08. The van der Waals surface area contributed by atoms with Crippen molar-refractivity contribution in [2.24, 2.45) is 5.10 Å². The van der Waals surface area contributed by atoms with Gasteiger partial charge in [0.2, 0.25) is 0 Å². The zero-order chi connectivity index (χ0) is 24.5. The molecule has 1 aromatic heterocycles. The standard InChI is InChI=1S/C25H24F3N3O3/c1-3-4-13-34-18-11-9-17(10-12-18)22-14-20(19-7-5-6-8-21(19)29-22)23(32)31-24(33,25(26,27)28)15-16(2)30-31/h5-12,14,33H,3-4,13,15H2,1-2H3/t24-/m0/s1. The van der Waals surface area contributed by atoms with Gasteiger partial charge in [-0.3, -0.25) is 4.79 Å². The molecule has 4 rings (SSSR count). The molecule has 0 spiro atoms. The molecule has 1 aliphatic rings. The van der Waals surface area contributed by atoms with Crippen molar-refractivity contribution in [2.45, 2.75) is 45.0 Å². The molecule has 1 aliphatic heterocycles. The van der Waals surface area contributed by atoms with Crippen molar-refractivity contribution in [3.8, 4) is 17.0 Å². The predicted octanol–water partition coefficient (Wildman–Crippen LogP) is 5.55. The van der Waals surface area contributed by atoms with E-state index < -0.39 is 24.2 Å². The van der Waals surface area contributed by atoms with Crippen molar-refractivity contribution in [3.05, 3.63) is 60.2 Å². The second-order valence-electron chi connectivity index (χ2n) is 8.24. The van der Waals surface area contributed by atoms with Crippen LogP contribution < -0.4 is 4.74 Å². The number of hydrogen-bond donors (Lipinski definition) is 1. The van der Waals surface area contributed by atoms with Crippen LogP contribution in [-0.2, 0) is 0 Å². The van der Waals surface area contributed by atoms with Gasteiger partial charge in [-0.05, 0) is 49.7 Å². The average molecular weight is 471 g/mol. The molecule has 0 saturated heterocycles. The fourth-order valence-corrected chi connectivity index (χ4v) is 3.82. The zero-order valence-electron chi connectivity index (χ0n) is 18.8. The largest absolute Gasteiger partial charge is 0.494 e. The lowest BCUT2D eigenvalue weighted by molar-refractivity contribution is -0.297. The maximum atomic E-state index is 13.7. The molecule has 9 heteroatoms. The Hall–Kier alpha value is -3.46. The first-order valence-electron chi connectivity index (χ1n) is 10.9. The minimum absolute atomic E-state index is 0.00502. The van der Waals surface area contributed by atoms with Crippen LogP contribution in [-0.4, -0.2) is 45.2 Å². The number of hydrazone groups is 1. The lowest BCUT2D eigenvalue weighted by Crippen LogP contribution is -2.56. The Morgan fingerprint density at radius 3 is 2.56 bits per heavy atom. The van der Waals surface area contributed by atoms with Crippen LogP contribution in [0.2, 0.25) is 0 Å². The van der Waals surface area contributed by atoms with Crippen LogP contribution in [0.25, 0.3) is 22.2 Å². The molecule has 34 heavy (non-hydrogen) atoms. The van der Waals surface area contributed by atoms with Crippen molar-refractivity contribution >= 4 is 22.5 Å². The number of carbonyl (C=O) groups excluding carboxylic acids is 1. The first-order chi connectivity index (χ1) is 16.1. The summed E-state index contributed by atoms with van der Waals surface area (Å²) < 4.78 is 46.8. The number of halogens is 3. The lowest BCUT2D eigenvalue weighted by Gasteiger charge is -2.32. The van der Waals surface area contributed by atoms with Crippen molar-refractivity contribution in [3.63, 3.8) is 0 Å². The van der Waals surface area contributed by atoms with Crippen molar-refractivity contribution in [1.82, 2.24) is 9.99 Å². The summed E-state index contributed by atoms with van der Waals surface area (Å²) in [7, 11) is 0. The molecule has 1 atom stereocenters. The molecule has 0 bridgehead atoms. The minimum Gasteiger partial charge on any atom is -0.494 e. The highest BCUT2D eigenvalue weighted by molar-refractivity contribution is 6.08. The van der Waals surface area contributed by atoms with Gasteiger partial charge in [0.15, 0.2) is 0 Å². The molecule has 0 fully saturated rings. The van der Waals surface area contributed by atoms with E-state index in [1.807, 2.05) is 0 Å². The molecule has 2 heterocycles. The summed E-state index contributed by atoms with van der Waals surface area (Å²) >= 11 is 0. The summed E-state index contributed by atoms with van der Waals surface area (Å²) in [5.41, 5.74) is -1.94. The van der Waals surface area contributed by atoms with Crippen molar-refractivity contribution < 1.29 is 27.8 Å². The van der Waals surface area contributed by atoms with Crippen molar-refractivity contribution in [2.75, 3.05) is 6.61 Å².